The fourth-order valence-electron chi connectivity index (χ4n) is 1.52. The number of benzene rings is 1. The Kier molecular flexibility index (Phi) is 4.37. The summed E-state index contributed by atoms with van der Waals surface area (Å²) in [6, 6.07) is 4.76. The van der Waals surface area contributed by atoms with Gasteiger partial charge in [-0.25, -0.2) is 0 Å². The van der Waals surface area contributed by atoms with E-state index in [-0.39, 0.29) is 5.91 Å². The molecule has 0 spiro atoms. The third kappa shape index (κ3) is 4.24. The number of carbonyl (C=O) groups is 1. The first kappa shape index (κ1) is 13.8. The van der Waals surface area contributed by atoms with Crippen molar-refractivity contribution in [3.05, 3.63) is 28.8 Å². The number of nitrogen functional groups attached to an aromatic ring is 1. The van der Waals surface area contributed by atoms with Crippen LogP contribution in [0.2, 0.25) is 5.02 Å². The predicted molar refractivity (Wildman–Crippen MR) is 69.3 cm³/mol. The summed E-state index contributed by atoms with van der Waals surface area (Å²) >= 11 is 5.84. The van der Waals surface area contributed by atoms with Gasteiger partial charge in [-0.05, 0) is 32.0 Å². The molecule has 0 aliphatic carbocycles. The average molecular weight is 257 g/mol. The number of hydrogen-bond acceptors (Lipinski definition) is 3. The van der Waals surface area contributed by atoms with Crippen molar-refractivity contribution in [3.63, 3.8) is 0 Å². The highest BCUT2D eigenvalue weighted by atomic mass is 35.5. The second kappa shape index (κ2) is 5.38. The number of amides is 1. The molecule has 0 aromatic heterocycles. The van der Waals surface area contributed by atoms with E-state index in [4.69, 9.17) is 22.1 Å². The van der Waals surface area contributed by atoms with Crippen molar-refractivity contribution in [1.29, 1.82) is 0 Å². The van der Waals surface area contributed by atoms with E-state index in [0.29, 0.717) is 22.9 Å². The lowest BCUT2D eigenvalue weighted by Crippen LogP contribution is -2.46. The monoisotopic (exact) mass is 256 g/mol. The lowest BCUT2D eigenvalue weighted by Gasteiger charge is -2.25. The van der Waals surface area contributed by atoms with Gasteiger partial charge >= 0.3 is 0 Å². The highest BCUT2D eigenvalue weighted by Crippen LogP contribution is 2.17. The van der Waals surface area contributed by atoms with Gasteiger partial charge in [0.1, 0.15) is 0 Å². The summed E-state index contributed by atoms with van der Waals surface area (Å²) in [6.07, 6.45) is 0. The third-order valence-electron chi connectivity index (χ3n) is 2.14. The number of carbonyl (C=O) groups excluding carboxylic acids is 1. The Morgan fingerprint density at radius 3 is 2.65 bits per heavy atom. The third-order valence-corrected chi connectivity index (χ3v) is 2.36. The number of nitrogens with two attached hydrogens (primary N) is 1. The van der Waals surface area contributed by atoms with Crippen LogP contribution >= 0.6 is 11.6 Å². The molecule has 1 aromatic carbocycles. The van der Waals surface area contributed by atoms with Crippen molar-refractivity contribution in [2.75, 3.05) is 19.5 Å². The molecule has 1 aromatic rings. The first-order chi connectivity index (χ1) is 7.84. The average Bonchev–Trinajstić information content (AvgIpc) is 2.14. The number of ether oxygens (including phenoxy) is 1. The second-order valence-corrected chi connectivity index (χ2v) is 4.98. The maximum atomic E-state index is 12.0. The molecule has 0 saturated heterocycles. The Hall–Kier alpha value is -1.26. The number of methoxy groups -OCH3 is 1. The zero-order valence-corrected chi connectivity index (χ0v) is 11.0. The maximum absolute atomic E-state index is 12.0. The molecular formula is C12H17ClN2O2. The minimum Gasteiger partial charge on any atom is -0.399 e. The summed E-state index contributed by atoms with van der Waals surface area (Å²) in [5.74, 6) is -0.221. The van der Waals surface area contributed by atoms with Crippen LogP contribution in [-0.4, -0.2) is 25.2 Å². The van der Waals surface area contributed by atoms with Gasteiger partial charge in [-0.2, -0.15) is 0 Å². The molecule has 0 aliphatic rings. The summed E-state index contributed by atoms with van der Waals surface area (Å²) in [7, 11) is 1.59. The first-order valence-electron chi connectivity index (χ1n) is 5.21. The number of rotatable bonds is 4. The predicted octanol–water partition coefficient (Wildman–Crippen LogP) is 2.08. The summed E-state index contributed by atoms with van der Waals surface area (Å²) in [5.41, 5.74) is 6.10. The Morgan fingerprint density at radius 1 is 1.47 bits per heavy atom. The van der Waals surface area contributed by atoms with Crippen molar-refractivity contribution in [1.82, 2.24) is 5.32 Å². The SMILES string of the molecule is COCC(C)(C)NC(=O)c1cc(N)cc(Cl)c1. The minimum atomic E-state index is -0.442. The number of anilines is 1. The van der Waals surface area contributed by atoms with E-state index in [1.54, 1.807) is 25.3 Å². The second-order valence-electron chi connectivity index (χ2n) is 4.54. The van der Waals surface area contributed by atoms with Gasteiger partial charge in [-0.1, -0.05) is 11.6 Å². The molecule has 0 bridgehead atoms. The molecule has 3 N–H and O–H groups in total. The van der Waals surface area contributed by atoms with Crippen LogP contribution in [-0.2, 0) is 4.74 Å². The fraction of sp³-hybridized carbons (Fsp3) is 0.417. The molecule has 0 saturated carbocycles. The van der Waals surface area contributed by atoms with Crippen molar-refractivity contribution >= 4 is 23.2 Å². The van der Waals surface area contributed by atoms with Gasteiger partial charge in [0.25, 0.3) is 5.91 Å². The molecule has 0 fully saturated rings. The molecule has 0 radical (unpaired) electrons. The van der Waals surface area contributed by atoms with E-state index in [1.807, 2.05) is 13.8 Å². The zero-order chi connectivity index (χ0) is 13.1. The Balaban J connectivity index is 2.83. The molecule has 1 rings (SSSR count). The lowest BCUT2D eigenvalue weighted by molar-refractivity contribution is 0.0820. The highest BCUT2D eigenvalue weighted by molar-refractivity contribution is 6.31. The largest absolute Gasteiger partial charge is 0.399 e. The van der Waals surface area contributed by atoms with E-state index in [2.05, 4.69) is 5.32 Å². The molecule has 0 aliphatic heterocycles. The van der Waals surface area contributed by atoms with Crippen LogP contribution in [0.1, 0.15) is 24.2 Å². The van der Waals surface area contributed by atoms with Crippen LogP contribution in [0.4, 0.5) is 5.69 Å². The fourth-order valence-corrected chi connectivity index (χ4v) is 1.76. The van der Waals surface area contributed by atoms with Crippen LogP contribution < -0.4 is 11.1 Å². The van der Waals surface area contributed by atoms with Crippen LogP contribution in [0.3, 0.4) is 0 Å². The Morgan fingerprint density at radius 2 is 2.12 bits per heavy atom. The lowest BCUT2D eigenvalue weighted by atomic mass is 10.1. The van der Waals surface area contributed by atoms with E-state index >= 15 is 0 Å². The van der Waals surface area contributed by atoms with Gasteiger partial charge in [-0.3, -0.25) is 4.79 Å². The molecule has 17 heavy (non-hydrogen) atoms. The minimum absolute atomic E-state index is 0.221. The number of nitrogens with one attached hydrogen (secondary N) is 1. The molecule has 1 amide bonds. The molecule has 0 unspecified atom stereocenters. The van der Waals surface area contributed by atoms with Gasteiger partial charge in [0.15, 0.2) is 0 Å². The molecule has 0 atom stereocenters. The smallest absolute Gasteiger partial charge is 0.251 e. The van der Waals surface area contributed by atoms with Gasteiger partial charge in [-0.15, -0.1) is 0 Å². The van der Waals surface area contributed by atoms with E-state index < -0.39 is 5.54 Å². The standard InChI is InChI=1S/C12H17ClN2O2/c1-12(2,7-17-3)15-11(16)8-4-9(13)6-10(14)5-8/h4-6H,7,14H2,1-3H3,(H,15,16). The van der Waals surface area contributed by atoms with Crippen LogP contribution in [0, 0.1) is 0 Å². The van der Waals surface area contributed by atoms with Crippen LogP contribution in [0.5, 0.6) is 0 Å². The van der Waals surface area contributed by atoms with E-state index in [9.17, 15) is 4.79 Å². The van der Waals surface area contributed by atoms with E-state index in [1.165, 1.54) is 0 Å². The summed E-state index contributed by atoms with van der Waals surface area (Å²) in [4.78, 5) is 12.0. The van der Waals surface area contributed by atoms with Gasteiger partial charge in [0.2, 0.25) is 0 Å². The molecule has 4 nitrogen and oxygen atoms in total. The molecule has 0 heterocycles. The summed E-state index contributed by atoms with van der Waals surface area (Å²) in [5, 5.41) is 3.29. The number of halogens is 1. The summed E-state index contributed by atoms with van der Waals surface area (Å²) < 4.78 is 5.03. The van der Waals surface area contributed by atoms with Crippen LogP contribution in [0.25, 0.3) is 0 Å². The van der Waals surface area contributed by atoms with E-state index in [0.717, 1.165) is 0 Å². The summed E-state index contributed by atoms with van der Waals surface area (Å²) in [6.45, 7) is 4.18. The van der Waals surface area contributed by atoms with Crippen molar-refractivity contribution < 1.29 is 9.53 Å². The topological polar surface area (TPSA) is 64.3 Å². The Bertz CT molecular complexity index is 399. The van der Waals surface area contributed by atoms with Crippen molar-refractivity contribution in [2.45, 2.75) is 19.4 Å². The zero-order valence-electron chi connectivity index (χ0n) is 10.2. The highest BCUT2D eigenvalue weighted by Gasteiger charge is 2.21. The van der Waals surface area contributed by atoms with Gasteiger partial charge in [0, 0.05) is 23.4 Å². The molecular weight excluding hydrogens is 240 g/mol. The molecule has 94 valence electrons. The number of hydrogen-bond donors (Lipinski definition) is 2. The first-order valence-corrected chi connectivity index (χ1v) is 5.59. The van der Waals surface area contributed by atoms with Gasteiger partial charge < -0.3 is 15.8 Å². The van der Waals surface area contributed by atoms with Crippen LogP contribution in [0.15, 0.2) is 18.2 Å². The maximum Gasteiger partial charge on any atom is 0.251 e. The van der Waals surface area contributed by atoms with Crippen molar-refractivity contribution in [2.24, 2.45) is 0 Å². The van der Waals surface area contributed by atoms with Crippen molar-refractivity contribution in [3.8, 4) is 0 Å². The quantitative estimate of drug-likeness (QED) is 0.811. The normalized spacial score (nSPS) is 11.3. The van der Waals surface area contributed by atoms with Gasteiger partial charge in [0.05, 0.1) is 12.1 Å². The Labute approximate surface area is 106 Å². The molecule has 5 heteroatoms.